The number of anilines is 1. The molecule has 0 saturated heterocycles. The number of rotatable bonds is 11. The molecular weight excluding hydrogens is 438 g/mol. The van der Waals surface area contributed by atoms with E-state index in [0.717, 1.165) is 11.3 Å². The molecule has 1 amide bonds. The monoisotopic (exact) mass is 465 g/mol. The highest BCUT2D eigenvalue weighted by atomic mass is 16.5. The number of benzene rings is 3. The molecule has 34 heavy (non-hydrogen) atoms. The van der Waals surface area contributed by atoms with Gasteiger partial charge in [0.2, 0.25) is 0 Å². The summed E-state index contributed by atoms with van der Waals surface area (Å²) in [5, 5.41) is 2.73. The Morgan fingerprint density at radius 3 is 2.03 bits per heavy atom. The van der Waals surface area contributed by atoms with E-state index in [2.05, 4.69) is 5.32 Å². The van der Waals surface area contributed by atoms with Crippen molar-refractivity contribution in [2.75, 3.05) is 39.9 Å². The van der Waals surface area contributed by atoms with Gasteiger partial charge in [-0.1, -0.05) is 12.1 Å². The standard InChI is InChI=1S/C26H27NO7/c1-30-21-9-4-18(5-10-21)14-15-33-26(29)19-6-13-23(24(16-19)32-3)34-17-25(28)27-20-7-11-22(31-2)12-8-20/h4-13,16H,14-15,17H2,1-3H3,(H,27,28). The molecule has 178 valence electrons. The van der Waals surface area contributed by atoms with Gasteiger partial charge in [-0.2, -0.15) is 0 Å². The predicted octanol–water partition coefficient (Wildman–Crippen LogP) is 4.13. The summed E-state index contributed by atoms with van der Waals surface area (Å²) in [7, 11) is 4.64. The van der Waals surface area contributed by atoms with Gasteiger partial charge in [0, 0.05) is 12.1 Å². The lowest BCUT2D eigenvalue weighted by molar-refractivity contribution is -0.118. The summed E-state index contributed by atoms with van der Waals surface area (Å²) in [5.41, 5.74) is 1.97. The number of hydrogen-bond donors (Lipinski definition) is 1. The molecule has 0 aromatic heterocycles. The van der Waals surface area contributed by atoms with Crippen LogP contribution in [0, 0.1) is 0 Å². The molecule has 0 radical (unpaired) electrons. The molecule has 8 heteroatoms. The average molecular weight is 466 g/mol. The zero-order valence-electron chi connectivity index (χ0n) is 19.3. The molecule has 0 unspecified atom stereocenters. The SMILES string of the molecule is COc1ccc(CCOC(=O)c2ccc(OCC(=O)Nc3ccc(OC)cc3)c(OC)c2)cc1. The van der Waals surface area contributed by atoms with Crippen LogP contribution in [-0.4, -0.2) is 46.4 Å². The Bertz CT molecular complexity index is 1100. The molecule has 0 atom stereocenters. The Morgan fingerprint density at radius 2 is 1.41 bits per heavy atom. The molecule has 0 aliphatic rings. The van der Waals surface area contributed by atoms with E-state index in [0.29, 0.717) is 34.9 Å². The number of ether oxygens (including phenoxy) is 5. The molecule has 0 heterocycles. The van der Waals surface area contributed by atoms with Crippen LogP contribution < -0.4 is 24.3 Å². The second kappa shape index (κ2) is 12.2. The van der Waals surface area contributed by atoms with Crippen molar-refractivity contribution in [3.63, 3.8) is 0 Å². The average Bonchev–Trinajstić information content (AvgIpc) is 2.88. The first-order valence-corrected chi connectivity index (χ1v) is 10.6. The van der Waals surface area contributed by atoms with Gasteiger partial charge in [0.25, 0.3) is 5.91 Å². The summed E-state index contributed by atoms with van der Waals surface area (Å²) in [6.07, 6.45) is 0.581. The fourth-order valence-electron chi connectivity index (χ4n) is 3.07. The Hall–Kier alpha value is -4.20. The Labute approximate surface area is 198 Å². The van der Waals surface area contributed by atoms with Crippen molar-refractivity contribution in [2.45, 2.75) is 6.42 Å². The van der Waals surface area contributed by atoms with Gasteiger partial charge in [-0.05, 0) is 60.2 Å². The summed E-state index contributed by atoms with van der Waals surface area (Å²) in [5.74, 6) is 1.31. The lowest BCUT2D eigenvalue weighted by Crippen LogP contribution is -2.20. The van der Waals surface area contributed by atoms with Crippen LogP contribution in [-0.2, 0) is 16.0 Å². The maximum Gasteiger partial charge on any atom is 0.338 e. The second-order valence-corrected chi connectivity index (χ2v) is 7.16. The quantitative estimate of drug-likeness (QED) is 0.426. The van der Waals surface area contributed by atoms with Crippen LogP contribution in [0.2, 0.25) is 0 Å². The molecule has 0 aliphatic carbocycles. The molecule has 1 N–H and O–H groups in total. The van der Waals surface area contributed by atoms with Crippen LogP contribution in [0.1, 0.15) is 15.9 Å². The fraction of sp³-hybridized carbons (Fsp3) is 0.231. The van der Waals surface area contributed by atoms with E-state index >= 15 is 0 Å². The number of amides is 1. The molecular formula is C26H27NO7. The molecule has 3 rings (SSSR count). The summed E-state index contributed by atoms with van der Waals surface area (Å²) in [6.45, 7) is 0.00526. The maximum absolute atomic E-state index is 12.4. The molecule has 0 saturated carbocycles. The largest absolute Gasteiger partial charge is 0.497 e. The lowest BCUT2D eigenvalue weighted by atomic mass is 10.1. The molecule has 0 aliphatic heterocycles. The number of methoxy groups -OCH3 is 3. The smallest absolute Gasteiger partial charge is 0.338 e. The van der Waals surface area contributed by atoms with E-state index in [1.54, 1.807) is 50.6 Å². The minimum atomic E-state index is -0.476. The van der Waals surface area contributed by atoms with E-state index in [1.807, 2.05) is 24.3 Å². The minimum absolute atomic E-state index is 0.228. The Kier molecular flexibility index (Phi) is 8.73. The number of esters is 1. The minimum Gasteiger partial charge on any atom is -0.497 e. The summed E-state index contributed by atoms with van der Waals surface area (Å²) in [6, 6.07) is 19.2. The first-order valence-electron chi connectivity index (χ1n) is 10.6. The van der Waals surface area contributed by atoms with Crippen molar-refractivity contribution in [3.8, 4) is 23.0 Å². The first-order chi connectivity index (χ1) is 16.5. The van der Waals surface area contributed by atoms with Crippen LogP contribution in [0.4, 0.5) is 5.69 Å². The third kappa shape index (κ3) is 6.90. The van der Waals surface area contributed by atoms with Crippen LogP contribution >= 0.6 is 0 Å². The highest BCUT2D eigenvalue weighted by molar-refractivity contribution is 5.92. The normalized spacial score (nSPS) is 10.2. The van der Waals surface area contributed by atoms with Crippen LogP contribution in [0.25, 0.3) is 0 Å². The van der Waals surface area contributed by atoms with Gasteiger partial charge in [-0.3, -0.25) is 4.79 Å². The van der Waals surface area contributed by atoms with Gasteiger partial charge >= 0.3 is 5.97 Å². The maximum atomic E-state index is 12.4. The summed E-state index contributed by atoms with van der Waals surface area (Å²) < 4.78 is 26.5. The van der Waals surface area contributed by atoms with Gasteiger partial charge in [-0.15, -0.1) is 0 Å². The summed E-state index contributed by atoms with van der Waals surface area (Å²) >= 11 is 0. The molecule has 3 aromatic rings. The van der Waals surface area contributed by atoms with Crippen molar-refractivity contribution in [2.24, 2.45) is 0 Å². The second-order valence-electron chi connectivity index (χ2n) is 7.16. The van der Waals surface area contributed by atoms with Gasteiger partial charge < -0.3 is 29.0 Å². The van der Waals surface area contributed by atoms with E-state index in [-0.39, 0.29) is 19.1 Å². The van der Waals surface area contributed by atoms with Gasteiger partial charge in [-0.25, -0.2) is 4.79 Å². The van der Waals surface area contributed by atoms with Gasteiger partial charge in [0.1, 0.15) is 11.5 Å². The highest BCUT2D eigenvalue weighted by Gasteiger charge is 2.14. The van der Waals surface area contributed by atoms with Crippen LogP contribution in [0.5, 0.6) is 23.0 Å². The molecule has 8 nitrogen and oxygen atoms in total. The molecule has 0 bridgehead atoms. The number of hydrogen-bond acceptors (Lipinski definition) is 7. The topological polar surface area (TPSA) is 92.3 Å². The van der Waals surface area contributed by atoms with Crippen LogP contribution in [0.15, 0.2) is 66.7 Å². The number of carbonyl (C=O) groups excluding carboxylic acids is 2. The molecule has 3 aromatic carbocycles. The highest BCUT2D eigenvalue weighted by Crippen LogP contribution is 2.28. The van der Waals surface area contributed by atoms with Crippen molar-refractivity contribution in [1.29, 1.82) is 0 Å². The van der Waals surface area contributed by atoms with Crippen molar-refractivity contribution in [1.82, 2.24) is 0 Å². The zero-order valence-corrected chi connectivity index (χ0v) is 19.3. The van der Waals surface area contributed by atoms with E-state index in [1.165, 1.54) is 13.2 Å². The summed E-state index contributed by atoms with van der Waals surface area (Å²) in [4.78, 5) is 24.6. The lowest BCUT2D eigenvalue weighted by Gasteiger charge is -2.12. The van der Waals surface area contributed by atoms with Crippen molar-refractivity contribution >= 4 is 17.6 Å². The van der Waals surface area contributed by atoms with Crippen molar-refractivity contribution in [3.05, 3.63) is 77.9 Å². The predicted molar refractivity (Wildman–Crippen MR) is 127 cm³/mol. The first kappa shape index (κ1) is 24.4. The van der Waals surface area contributed by atoms with Crippen molar-refractivity contribution < 1.29 is 33.3 Å². The van der Waals surface area contributed by atoms with Gasteiger partial charge in [0.15, 0.2) is 18.1 Å². The number of nitrogens with one attached hydrogen (secondary N) is 1. The third-order valence-electron chi connectivity index (χ3n) is 4.91. The Morgan fingerprint density at radius 1 is 0.765 bits per heavy atom. The van der Waals surface area contributed by atoms with E-state index in [4.69, 9.17) is 23.7 Å². The van der Waals surface area contributed by atoms with E-state index < -0.39 is 5.97 Å². The third-order valence-corrected chi connectivity index (χ3v) is 4.91. The van der Waals surface area contributed by atoms with E-state index in [9.17, 15) is 9.59 Å². The molecule has 0 spiro atoms. The molecule has 0 fully saturated rings. The van der Waals surface area contributed by atoms with Crippen LogP contribution in [0.3, 0.4) is 0 Å². The Balaban J connectivity index is 1.51. The fourth-order valence-corrected chi connectivity index (χ4v) is 3.07. The zero-order chi connectivity index (χ0) is 24.3. The van der Waals surface area contributed by atoms with Gasteiger partial charge in [0.05, 0.1) is 33.5 Å². The number of carbonyl (C=O) groups is 2.